The number of anilines is 1. The fourth-order valence-electron chi connectivity index (χ4n) is 1.50. The Labute approximate surface area is 117 Å². The van der Waals surface area contributed by atoms with Crippen molar-refractivity contribution < 1.29 is 14.0 Å². The molecule has 0 saturated carbocycles. The van der Waals surface area contributed by atoms with Crippen LogP contribution >= 0.6 is 0 Å². The van der Waals surface area contributed by atoms with Gasteiger partial charge in [0.15, 0.2) is 0 Å². The molecule has 6 heteroatoms. The molecule has 0 spiro atoms. The maximum absolute atomic E-state index is 13.3. The van der Waals surface area contributed by atoms with E-state index in [1.807, 2.05) is 13.8 Å². The van der Waals surface area contributed by atoms with E-state index in [-0.39, 0.29) is 24.2 Å². The van der Waals surface area contributed by atoms with Crippen LogP contribution in [-0.2, 0) is 9.59 Å². The van der Waals surface area contributed by atoms with E-state index in [0.29, 0.717) is 0 Å². The Morgan fingerprint density at radius 1 is 1.20 bits per heavy atom. The van der Waals surface area contributed by atoms with Crippen LogP contribution in [0.2, 0.25) is 0 Å². The van der Waals surface area contributed by atoms with Crippen LogP contribution < -0.4 is 16.0 Å². The Morgan fingerprint density at radius 2 is 1.85 bits per heavy atom. The summed E-state index contributed by atoms with van der Waals surface area (Å²) in [4.78, 5) is 23.3. The Hall–Kier alpha value is -1.95. The third-order valence-electron chi connectivity index (χ3n) is 2.54. The predicted molar refractivity (Wildman–Crippen MR) is 75.8 cm³/mol. The van der Waals surface area contributed by atoms with Gasteiger partial charge in [0.1, 0.15) is 5.82 Å². The van der Waals surface area contributed by atoms with Crippen LogP contribution in [-0.4, -0.2) is 30.4 Å². The van der Waals surface area contributed by atoms with Crippen molar-refractivity contribution in [1.82, 2.24) is 10.6 Å². The minimum absolute atomic E-state index is 0.0407. The summed E-state index contributed by atoms with van der Waals surface area (Å²) < 4.78 is 13.3. The smallest absolute Gasteiger partial charge is 0.238 e. The van der Waals surface area contributed by atoms with Gasteiger partial charge in [-0.15, -0.1) is 0 Å². The summed E-state index contributed by atoms with van der Waals surface area (Å²) in [7, 11) is 0. The molecule has 0 heterocycles. The zero-order valence-electron chi connectivity index (χ0n) is 11.9. The van der Waals surface area contributed by atoms with E-state index >= 15 is 0 Å². The lowest BCUT2D eigenvalue weighted by Gasteiger charge is -2.15. The first-order chi connectivity index (χ1) is 9.40. The van der Waals surface area contributed by atoms with Gasteiger partial charge in [-0.25, -0.2) is 4.39 Å². The van der Waals surface area contributed by atoms with Crippen LogP contribution in [0.3, 0.4) is 0 Å². The molecule has 0 aromatic heterocycles. The molecule has 1 atom stereocenters. The van der Waals surface area contributed by atoms with Gasteiger partial charge in [0.2, 0.25) is 11.8 Å². The average Bonchev–Trinajstić information content (AvgIpc) is 2.38. The van der Waals surface area contributed by atoms with Crippen molar-refractivity contribution in [3.8, 4) is 0 Å². The normalized spacial score (nSPS) is 12.1. The van der Waals surface area contributed by atoms with Gasteiger partial charge in [-0.3, -0.25) is 14.9 Å². The van der Waals surface area contributed by atoms with Gasteiger partial charge >= 0.3 is 0 Å². The first kappa shape index (κ1) is 16.1. The van der Waals surface area contributed by atoms with Crippen LogP contribution in [0.5, 0.6) is 0 Å². The maximum atomic E-state index is 13.3. The molecule has 3 N–H and O–H groups in total. The number of nitrogens with one attached hydrogen (secondary N) is 3. The summed E-state index contributed by atoms with van der Waals surface area (Å²) in [5, 5.41) is 7.95. The molecule has 0 aliphatic heterocycles. The molecule has 2 amide bonds. The summed E-state index contributed by atoms with van der Waals surface area (Å²) in [6, 6.07) is 5.46. The number of rotatable bonds is 6. The topological polar surface area (TPSA) is 70.2 Å². The predicted octanol–water partition coefficient (Wildman–Crippen LogP) is 1.27. The molecule has 0 aliphatic carbocycles. The Morgan fingerprint density at radius 3 is 2.45 bits per heavy atom. The minimum Gasteiger partial charge on any atom is -0.353 e. The van der Waals surface area contributed by atoms with Crippen molar-refractivity contribution in [3.05, 3.63) is 30.1 Å². The van der Waals surface area contributed by atoms with E-state index in [0.717, 1.165) is 0 Å². The summed E-state index contributed by atoms with van der Waals surface area (Å²) in [6.45, 7) is 5.31. The largest absolute Gasteiger partial charge is 0.353 e. The second-order valence-corrected chi connectivity index (χ2v) is 4.79. The zero-order valence-corrected chi connectivity index (χ0v) is 11.9. The first-order valence-corrected chi connectivity index (χ1v) is 6.48. The lowest BCUT2D eigenvalue weighted by atomic mass is 10.2. The van der Waals surface area contributed by atoms with Crippen LogP contribution in [0.15, 0.2) is 24.3 Å². The van der Waals surface area contributed by atoms with Crippen molar-refractivity contribution in [3.63, 3.8) is 0 Å². The highest BCUT2D eigenvalue weighted by molar-refractivity contribution is 5.93. The number of carbonyl (C=O) groups is 2. The quantitative estimate of drug-likeness (QED) is 0.735. The number of halogens is 1. The Kier molecular flexibility index (Phi) is 6.11. The fraction of sp³-hybridized carbons (Fsp3) is 0.429. The highest BCUT2D eigenvalue weighted by Gasteiger charge is 2.14. The van der Waals surface area contributed by atoms with Gasteiger partial charge in [-0.1, -0.05) is 12.1 Å². The third kappa shape index (κ3) is 5.36. The molecule has 0 fully saturated rings. The summed E-state index contributed by atoms with van der Waals surface area (Å²) in [5.41, 5.74) is 0.124. The second-order valence-electron chi connectivity index (χ2n) is 4.79. The highest BCUT2D eigenvalue weighted by Crippen LogP contribution is 2.11. The van der Waals surface area contributed by atoms with E-state index in [4.69, 9.17) is 0 Å². The van der Waals surface area contributed by atoms with Crippen LogP contribution in [0.25, 0.3) is 0 Å². The summed E-state index contributed by atoms with van der Waals surface area (Å²) in [5.74, 6) is -1.08. The number of amides is 2. The van der Waals surface area contributed by atoms with Crippen molar-refractivity contribution in [2.75, 3.05) is 11.9 Å². The van der Waals surface area contributed by atoms with Gasteiger partial charge in [0, 0.05) is 6.04 Å². The van der Waals surface area contributed by atoms with Crippen molar-refractivity contribution in [2.24, 2.45) is 0 Å². The van der Waals surface area contributed by atoms with Crippen LogP contribution in [0.1, 0.15) is 20.8 Å². The van der Waals surface area contributed by atoms with E-state index in [9.17, 15) is 14.0 Å². The van der Waals surface area contributed by atoms with Crippen molar-refractivity contribution in [1.29, 1.82) is 0 Å². The number of hydrogen-bond donors (Lipinski definition) is 3. The molecule has 20 heavy (non-hydrogen) atoms. The van der Waals surface area contributed by atoms with Crippen LogP contribution in [0, 0.1) is 5.82 Å². The molecule has 1 aromatic rings. The second kappa shape index (κ2) is 7.59. The molecule has 0 saturated heterocycles. The molecule has 5 nitrogen and oxygen atoms in total. The molecule has 1 aromatic carbocycles. The highest BCUT2D eigenvalue weighted by atomic mass is 19.1. The molecular formula is C14H20FN3O2. The molecule has 0 aliphatic rings. The maximum Gasteiger partial charge on any atom is 0.238 e. The Bertz CT molecular complexity index is 477. The van der Waals surface area contributed by atoms with E-state index in [1.165, 1.54) is 12.1 Å². The minimum atomic E-state index is -0.497. The van der Waals surface area contributed by atoms with E-state index < -0.39 is 17.8 Å². The molecule has 110 valence electrons. The number of benzene rings is 1. The molecule has 0 bridgehead atoms. The van der Waals surface area contributed by atoms with Gasteiger partial charge < -0.3 is 10.6 Å². The Balaban J connectivity index is 2.40. The average molecular weight is 281 g/mol. The van der Waals surface area contributed by atoms with E-state index in [2.05, 4.69) is 16.0 Å². The molecule has 1 rings (SSSR count). The molecular weight excluding hydrogens is 261 g/mol. The number of carbonyl (C=O) groups excluding carboxylic acids is 2. The van der Waals surface area contributed by atoms with Crippen molar-refractivity contribution >= 4 is 17.5 Å². The van der Waals surface area contributed by atoms with E-state index in [1.54, 1.807) is 19.1 Å². The lowest BCUT2D eigenvalue weighted by molar-refractivity contribution is -0.123. The third-order valence-corrected chi connectivity index (χ3v) is 2.54. The van der Waals surface area contributed by atoms with Crippen LogP contribution in [0.4, 0.5) is 10.1 Å². The van der Waals surface area contributed by atoms with Gasteiger partial charge in [0.25, 0.3) is 0 Å². The summed E-state index contributed by atoms with van der Waals surface area (Å²) in [6.07, 6.45) is 0. The number of hydrogen-bond acceptors (Lipinski definition) is 3. The standard InChI is InChI=1S/C14H20FN3O2/c1-9(2)17-14(20)10(3)16-8-13(19)18-12-7-5-4-6-11(12)15/h4-7,9-10,16H,8H2,1-3H3,(H,17,20)(H,18,19). The zero-order chi connectivity index (χ0) is 15.1. The SMILES string of the molecule is CC(C)NC(=O)C(C)NCC(=O)Nc1ccccc1F. The fourth-order valence-corrected chi connectivity index (χ4v) is 1.50. The van der Waals surface area contributed by atoms with Gasteiger partial charge in [0.05, 0.1) is 18.3 Å². The lowest BCUT2D eigenvalue weighted by Crippen LogP contribution is -2.46. The first-order valence-electron chi connectivity index (χ1n) is 6.48. The monoisotopic (exact) mass is 281 g/mol. The number of para-hydroxylation sites is 1. The molecule has 0 radical (unpaired) electrons. The van der Waals surface area contributed by atoms with Crippen molar-refractivity contribution in [2.45, 2.75) is 32.9 Å². The van der Waals surface area contributed by atoms with Gasteiger partial charge in [-0.05, 0) is 32.9 Å². The molecule has 1 unspecified atom stereocenters. The van der Waals surface area contributed by atoms with Gasteiger partial charge in [-0.2, -0.15) is 0 Å². The summed E-state index contributed by atoms with van der Waals surface area (Å²) >= 11 is 0.